The van der Waals surface area contributed by atoms with Crippen molar-refractivity contribution in [3.8, 4) is 28.9 Å². The van der Waals surface area contributed by atoms with E-state index in [-0.39, 0.29) is 33.4 Å². The van der Waals surface area contributed by atoms with Crippen molar-refractivity contribution < 1.29 is 96.1 Å². The lowest BCUT2D eigenvalue weighted by Crippen LogP contribution is -2.36. The number of sulfone groups is 1. The van der Waals surface area contributed by atoms with Gasteiger partial charge < -0.3 is 33.7 Å². The summed E-state index contributed by atoms with van der Waals surface area (Å²) >= 11 is 0. The van der Waals surface area contributed by atoms with Gasteiger partial charge in [0.25, 0.3) is 15.6 Å². The highest BCUT2D eigenvalue weighted by Crippen LogP contribution is 2.42. The van der Waals surface area contributed by atoms with Crippen molar-refractivity contribution in [2.75, 3.05) is 45.1 Å². The number of anilines is 1. The van der Waals surface area contributed by atoms with Crippen molar-refractivity contribution in [2.24, 2.45) is 22.8 Å². The van der Waals surface area contributed by atoms with Crippen molar-refractivity contribution in [1.29, 1.82) is 0 Å². The van der Waals surface area contributed by atoms with Gasteiger partial charge in [0.15, 0.2) is 26.9 Å². The molecular formula is C70H75F6N11O16S2. The molecule has 6 heterocycles. The lowest BCUT2D eigenvalue weighted by atomic mass is 9.82. The van der Waals surface area contributed by atoms with E-state index in [1.807, 2.05) is 81.4 Å². The molecule has 0 aliphatic carbocycles. The van der Waals surface area contributed by atoms with Crippen molar-refractivity contribution in [3.05, 3.63) is 187 Å². The molecule has 0 radical (unpaired) electrons. The van der Waals surface area contributed by atoms with E-state index in [1.165, 1.54) is 40.3 Å². The molecule has 3 N–H and O–H groups in total. The van der Waals surface area contributed by atoms with Crippen LogP contribution in [-0.2, 0) is 99.5 Å². The van der Waals surface area contributed by atoms with E-state index >= 15 is 0 Å². The summed E-state index contributed by atoms with van der Waals surface area (Å²) in [6, 6.07) is 27.1. The van der Waals surface area contributed by atoms with Gasteiger partial charge in [-0.3, -0.25) is 19.7 Å². The molecule has 560 valence electrons. The summed E-state index contributed by atoms with van der Waals surface area (Å²) in [5, 5.41) is 23.3. The van der Waals surface area contributed by atoms with E-state index in [0.717, 1.165) is 66.2 Å². The number of esters is 2. The second kappa shape index (κ2) is 32.9. The molecule has 0 unspecified atom stereocenters. The smallest absolute Gasteiger partial charge is 0.451 e. The molecule has 0 saturated heterocycles. The van der Waals surface area contributed by atoms with Gasteiger partial charge in [0.05, 0.1) is 79.1 Å². The van der Waals surface area contributed by atoms with E-state index in [2.05, 4.69) is 68.0 Å². The first-order chi connectivity index (χ1) is 49.4. The number of halogens is 6. The summed E-state index contributed by atoms with van der Waals surface area (Å²) in [5.74, 6) is -3.94. The van der Waals surface area contributed by atoms with Gasteiger partial charge in [-0.1, -0.05) is 115 Å². The zero-order valence-electron chi connectivity index (χ0n) is 58.7. The van der Waals surface area contributed by atoms with Crippen LogP contribution in [0, 0.1) is 19.3 Å². The predicted molar refractivity (Wildman–Crippen MR) is 369 cm³/mol. The zero-order chi connectivity index (χ0) is 77.1. The summed E-state index contributed by atoms with van der Waals surface area (Å²) in [6.07, 6.45) is -5.31. The first kappa shape index (κ1) is 79.9. The van der Waals surface area contributed by atoms with Gasteiger partial charge in [-0.15, -0.1) is 0 Å². The maximum atomic E-state index is 13.5. The van der Waals surface area contributed by atoms with Gasteiger partial charge in [-0.2, -0.15) is 46.4 Å². The third kappa shape index (κ3) is 18.6. The number of carbonyl (C=O) groups excluding carboxylic acids is 4. The van der Waals surface area contributed by atoms with Crippen LogP contribution in [0.5, 0.6) is 17.8 Å². The third-order valence-electron chi connectivity index (χ3n) is 16.2. The summed E-state index contributed by atoms with van der Waals surface area (Å²) < 4.78 is 152. The number of nitrogens with zero attached hydrogens (tertiary/aromatic N) is 9. The van der Waals surface area contributed by atoms with Crippen molar-refractivity contribution in [1.82, 2.24) is 38.8 Å². The number of hydrogen-bond donors (Lipinski definition) is 3. The Kier molecular flexibility index (Phi) is 25.0. The lowest BCUT2D eigenvalue weighted by molar-refractivity contribution is -0.145. The Labute approximate surface area is 599 Å². The zero-order valence-corrected chi connectivity index (χ0v) is 60.4. The lowest BCUT2D eigenvalue weighted by Gasteiger charge is -2.27. The monoisotopic (exact) mass is 1500 g/mol. The van der Waals surface area contributed by atoms with Crippen LogP contribution in [0.25, 0.3) is 11.1 Å². The number of nitrogens with one attached hydrogen (secondary N) is 2. The second-order valence-electron chi connectivity index (χ2n) is 24.6. The van der Waals surface area contributed by atoms with Crippen LogP contribution in [0.3, 0.4) is 0 Å². The van der Waals surface area contributed by atoms with Crippen LogP contribution >= 0.6 is 0 Å². The molecule has 3 aliphatic heterocycles. The minimum Gasteiger partial charge on any atom is -0.493 e. The van der Waals surface area contributed by atoms with Crippen LogP contribution < -0.4 is 25.1 Å². The molecule has 5 aromatic carbocycles. The number of fused-ring (bicyclic) bond motifs is 1. The molecule has 3 aliphatic rings. The summed E-state index contributed by atoms with van der Waals surface area (Å²) in [5.41, 5.74) is 5.57. The maximum Gasteiger partial charge on any atom is 0.451 e. The topological polar surface area (TPSA) is 344 Å². The maximum absolute atomic E-state index is 13.5. The molecule has 0 atom stereocenters. The highest BCUT2D eigenvalue weighted by molar-refractivity contribution is 7.91. The van der Waals surface area contributed by atoms with Crippen LogP contribution in [0.1, 0.15) is 121 Å². The number of aromatic hydroxyl groups is 1. The second-order valence-corrected chi connectivity index (χ2v) is 28.2. The molecule has 0 bridgehead atoms. The molecule has 0 spiro atoms. The number of alkyl halides is 6. The Morgan fingerprint density at radius 2 is 1.32 bits per heavy atom. The normalized spacial score (nSPS) is 14.1. The molecule has 105 heavy (non-hydrogen) atoms. The first-order valence-corrected chi connectivity index (χ1v) is 35.7. The Morgan fingerprint density at radius 3 is 1.85 bits per heavy atom. The number of aromatic nitrogens is 7. The molecule has 27 nitrogen and oxygen atoms in total. The minimum absolute atomic E-state index is 0.0493. The molecular weight excluding hydrogens is 1430 g/mol. The average molecular weight is 1500 g/mol. The third-order valence-corrected chi connectivity index (χ3v) is 18.7. The number of oxime groups is 2. The van der Waals surface area contributed by atoms with Gasteiger partial charge in [0.1, 0.15) is 17.7 Å². The number of methoxy groups -OCH3 is 1. The highest BCUT2D eigenvalue weighted by atomic mass is 32.2. The quantitative estimate of drug-likeness (QED) is 0.0459. The molecule has 2 amide bonds. The summed E-state index contributed by atoms with van der Waals surface area (Å²) in [7, 11) is -6.14. The number of carbonyl (C=O) groups is 4. The predicted octanol–water partition coefficient (Wildman–Crippen LogP) is 10.6. The number of aryl methyl sites for hydroxylation is 4. The summed E-state index contributed by atoms with van der Waals surface area (Å²) in [4.78, 5) is 81.6. The number of ketones is 1. The van der Waals surface area contributed by atoms with E-state index in [4.69, 9.17) is 23.9 Å². The number of rotatable bonds is 16. The fourth-order valence-electron chi connectivity index (χ4n) is 11.1. The minimum atomic E-state index is -5.05. The molecule has 0 saturated carbocycles. The van der Waals surface area contributed by atoms with E-state index in [9.17, 15) is 72.3 Å². The van der Waals surface area contributed by atoms with Gasteiger partial charge in [0.2, 0.25) is 23.5 Å². The summed E-state index contributed by atoms with van der Waals surface area (Å²) in [6.45, 7) is 17.7. The van der Waals surface area contributed by atoms with Crippen LogP contribution in [0.4, 0.5) is 37.1 Å². The molecule has 11 rings (SSSR count). The average Bonchev–Trinajstić information content (AvgIpc) is 1.80. The van der Waals surface area contributed by atoms with Gasteiger partial charge in [-0.25, -0.2) is 45.2 Å². The largest absolute Gasteiger partial charge is 0.493 e. The van der Waals surface area contributed by atoms with Crippen molar-refractivity contribution in [3.63, 3.8) is 0 Å². The molecule has 35 heteroatoms. The van der Waals surface area contributed by atoms with Crippen LogP contribution in [0.15, 0.2) is 140 Å². The van der Waals surface area contributed by atoms with Gasteiger partial charge >= 0.3 is 36.3 Å². The van der Waals surface area contributed by atoms with Crippen LogP contribution in [0.2, 0.25) is 0 Å². The Morgan fingerprint density at radius 1 is 0.724 bits per heavy atom. The van der Waals surface area contributed by atoms with Crippen LogP contribution in [-0.4, -0.2) is 131 Å². The highest BCUT2D eigenvalue weighted by Gasteiger charge is 2.46. The number of urea groups is 1. The Balaban J connectivity index is 0.000000178. The standard InChI is InChI=1S/C23H32N2O4.C18H17NO3.C16H17N3O5S.C13H9F6N5O4S/c1-7-16-13-15(3)14-17(8-2)18(16)19-20(26)24-9-11-28-12-10-25(24)21(19)29-22(27)23(4,5)6;1-2-21-17(20)16-13-18(22-19-16,14-9-5-3-6-10-14)15-11-7-4-8-12-15;1-9-10(15(20)11-8-17-19(2)16(11)21)4-5-13(25(3,22)23)14(9)12-6-7-24-18-12;1-28-11-21-8(13(17,18)19)20-9(23-11)22-10(25)24-29(26,27)7-5-3-2-4-6(7)12(14,15)16/h13-14H,7-12H2,1-6H3;3-12H,2,13H2,1H3;4-5,8,21H,6-7H2,1-3H3;2-5H,1H3,(H2,20,21,22,23,24,25). The Bertz CT molecular complexity index is 4860. The Hall–Kier alpha value is -10.8. The molecule has 8 aromatic rings. The molecule has 0 fully saturated rings. The molecule has 3 aromatic heterocycles. The van der Waals surface area contributed by atoms with Gasteiger partial charge in [0, 0.05) is 42.0 Å². The van der Waals surface area contributed by atoms with E-state index in [1.54, 1.807) is 28.5 Å². The number of sulfonamides is 1. The van der Waals surface area contributed by atoms with Crippen molar-refractivity contribution in [2.45, 2.75) is 122 Å². The number of amides is 2. The fraction of sp³-hybridized carbons (Fsp3) is 0.357. The number of ether oxygens (including phenoxy) is 4. The fourth-order valence-corrected chi connectivity index (χ4v) is 13.2. The first-order valence-electron chi connectivity index (χ1n) is 32.4. The number of benzene rings is 5. The van der Waals surface area contributed by atoms with Gasteiger partial charge in [-0.05, 0) is 101 Å². The number of hydrogen-bond acceptors (Lipinski definition) is 22. The van der Waals surface area contributed by atoms with E-state index in [0.29, 0.717) is 98.5 Å². The van der Waals surface area contributed by atoms with Crippen molar-refractivity contribution >= 4 is 61.0 Å². The van der Waals surface area contributed by atoms with E-state index < -0.39 is 89.3 Å². The SMILES string of the molecule is CCOC(=O)C1=NOC(c2ccccc2)(c2ccccc2)C1.CCc1cc(C)cc(CC)c1-c1c(OC(=O)C(C)(C)C)n2n(c1=O)CCOCC2.COc1nc(NC(=O)NS(=O)(=O)c2ccccc2C(F)(F)F)nc(C(F)(F)F)n1.Cc1c(C(=O)c2cnn(C)c2O)ccc(S(C)(=O)=O)c1C1=NOCC1.